The highest BCUT2D eigenvalue weighted by Gasteiger charge is 2.35. The van der Waals surface area contributed by atoms with E-state index in [9.17, 15) is 4.79 Å². The molecule has 3 atom stereocenters. The van der Waals surface area contributed by atoms with E-state index in [0.717, 1.165) is 19.3 Å². The number of likely N-dealkylation sites (tertiary alicyclic amines) is 1. The van der Waals surface area contributed by atoms with E-state index in [4.69, 9.17) is 18.0 Å². The molecule has 1 heterocycles. The molecule has 2 N–H and O–H groups in total. The van der Waals surface area contributed by atoms with E-state index < -0.39 is 0 Å². The van der Waals surface area contributed by atoms with Gasteiger partial charge in [0.2, 0.25) is 5.91 Å². The topological polar surface area (TPSA) is 46.3 Å². The predicted molar refractivity (Wildman–Crippen MR) is 65.6 cm³/mol. The Balaban J connectivity index is 2.76. The Morgan fingerprint density at radius 3 is 2.67 bits per heavy atom. The van der Waals surface area contributed by atoms with Crippen LogP contribution in [0, 0.1) is 5.92 Å². The van der Waals surface area contributed by atoms with E-state index in [1.165, 1.54) is 0 Å². The summed E-state index contributed by atoms with van der Waals surface area (Å²) in [6, 6.07) is 0.712. The molecule has 0 aromatic carbocycles. The van der Waals surface area contributed by atoms with Gasteiger partial charge in [0, 0.05) is 12.1 Å². The maximum Gasteiger partial charge on any atom is 0.232 e. The summed E-state index contributed by atoms with van der Waals surface area (Å²) in [4.78, 5) is 14.4. The number of rotatable bonds is 3. The largest absolute Gasteiger partial charge is 0.393 e. The van der Waals surface area contributed by atoms with Crippen LogP contribution in [0.3, 0.4) is 0 Å². The van der Waals surface area contributed by atoms with Crippen molar-refractivity contribution in [3.8, 4) is 0 Å². The highest BCUT2D eigenvalue weighted by Crippen LogP contribution is 2.27. The number of nitrogens with zero attached hydrogens (tertiary/aromatic N) is 1. The molecular formula is C11H20N2OS. The van der Waals surface area contributed by atoms with Gasteiger partial charge in [-0.25, -0.2) is 0 Å². The minimum Gasteiger partial charge on any atom is -0.393 e. The SMILES string of the molecule is CCC1CCC(C)N1C(=O)C(C)C(N)=S. The van der Waals surface area contributed by atoms with Gasteiger partial charge in [0.05, 0.1) is 10.9 Å². The Kier molecular flexibility index (Phi) is 4.08. The van der Waals surface area contributed by atoms with E-state index in [1.807, 2.05) is 4.90 Å². The Morgan fingerprint density at radius 2 is 2.20 bits per heavy atom. The van der Waals surface area contributed by atoms with Crippen molar-refractivity contribution in [2.45, 2.75) is 52.1 Å². The average Bonchev–Trinajstić information content (AvgIpc) is 2.57. The first-order valence-corrected chi connectivity index (χ1v) is 6.01. The number of carbonyl (C=O) groups is 1. The van der Waals surface area contributed by atoms with Crippen molar-refractivity contribution < 1.29 is 4.79 Å². The second-order valence-electron chi connectivity index (χ2n) is 4.36. The van der Waals surface area contributed by atoms with Crippen molar-refractivity contribution in [2.24, 2.45) is 11.7 Å². The zero-order valence-corrected chi connectivity index (χ0v) is 10.5. The maximum absolute atomic E-state index is 12.1. The number of hydrogen-bond acceptors (Lipinski definition) is 2. The van der Waals surface area contributed by atoms with Gasteiger partial charge in [-0.2, -0.15) is 0 Å². The maximum atomic E-state index is 12.1. The lowest BCUT2D eigenvalue weighted by atomic mass is 10.1. The lowest BCUT2D eigenvalue weighted by molar-refractivity contribution is -0.135. The second-order valence-corrected chi connectivity index (χ2v) is 4.83. The van der Waals surface area contributed by atoms with Crippen molar-refractivity contribution in [2.75, 3.05) is 0 Å². The summed E-state index contributed by atoms with van der Waals surface area (Å²) in [6.07, 6.45) is 3.21. The molecule has 1 aliphatic rings. The number of carbonyl (C=O) groups excluding carboxylic acids is 1. The highest BCUT2D eigenvalue weighted by molar-refractivity contribution is 7.80. The molecule has 0 saturated carbocycles. The van der Waals surface area contributed by atoms with Gasteiger partial charge < -0.3 is 10.6 Å². The fraction of sp³-hybridized carbons (Fsp3) is 0.818. The van der Waals surface area contributed by atoms with E-state index in [2.05, 4.69) is 13.8 Å². The van der Waals surface area contributed by atoms with Crippen molar-refractivity contribution in [1.29, 1.82) is 0 Å². The summed E-state index contributed by atoms with van der Waals surface area (Å²) in [6.45, 7) is 6.01. The van der Waals surface area contributed by atoms with Crippen molar-refractivity contribution in [3.63, 3.8) is 0 Å². The third kappa shape index (κ3) is 2.48. The van der Waals surface area contributed by atoms with Crippen molar-refractivity contribution >= 4 is 23.1 Å². The number of amides is 1. The molecular weight excluding hydrogens is 208 g/mol. The first-order valence-electron chi connectivity index (χ1n) is 5.60. The molecule has 4 heteroatoms. The number of nitrogens with two attached hydrogens (primary N) is 1. The summed E-state index contributed by atoms with van der Waals surface area (Å²) in [7, 11) is 0. The number of hydrogen-bond donors (Lipinski definition) is 1. The van der Waals surface area contributed by atoms with Crippen LogP contribution in [0.25, 0.3) is 0 Å². The molecule has 3 nitrogen and oxygen atoms in total. The van der Waals surface area contributed by atoms with E-state index in [-0.39, 0.29) is 11.8 Å². The van der Waals surface area contributed by atoms with E-state index >= 15 is 0 Å². The Morgan fingerprint density at radius 1 is 1.60 bits per heavy atom. The molecule has 0 radical (unpaired) electrons. The molecule has 1 rings (SSSR count). The summed E-state index contributed by atoms with van der Waals surface area (Å²) >= 11 is 4.87. The van der Waals surface area contributed by atoms with Crippen LogP contribution >= 0.6 is 12.2 Å². The first kappa shape index (κ1) is 12.4. The Labute approximate surface area is 97.0 Å². The molecule has 3 unspecified atom stereocenters. The van der Waals surface area contributed by atoms with Crippen molar-refractivity contribution in [1.82, 2.24) is 4.90 Å². The zero-order chi connectivity index (χ0) is 11.6. The fourth-order valence-electron chi connectivity index (χ4n) is 2.21. The van der Waals surface area contributed by atoms with Gasteiger partial charge in [-0.15, -0.1) is 0 Å². The van der Waals surface area contributed by atoms with Gasteiger partial charge in [-0.05, 0) is 33.1 Å². The third-order valence-electron chi connectivity index (χ3n) is 3.31. The van der Waals surface area contributed by atoms with Gasteiger partial charge in [-0.3, -0.25) is 4.79 Å². The Hall–Kier alpha value is -0.640. The quantitative estimate of drug-likeness (QED) is 0.748. The molecule has 0 aliphatic carbocycles. The molecule has 0 aromatic heterocycles. The number of thiocarbonyl (C=S) groups is 1. The molecule has 0 spiro atoms. The van der Waals surface area contributed by atoms with Crippen LogP contribution in [0.4, 0.5) is 0 Å². The normalized spacial score (nSPS) is 27.8. The predicted octanol–water partition coefficient (Wildman–Crippen LogP) is 1.70. The average molecular weight is 228 g/mol. The molecule has 0 bridgehead atoms. The van der Waals surface area contributed by atoms with Gasteiger partial charge >= 0.3 is 0 Å². The van der Waals surface area contributed by atoms with Gasteiger partial charge in [0.25, 0.3) is 0 Å². The van der Waals surface area contributed by atoms with Crippen molar-refractivity contribution in [3.05, 3.63) is 0 Å². The molecule has 1 fully saturated rings. The molecule has 1 saturated heterocycles. The summed E-state index contributed by atoms with van der Waals surface area (Å²) < 4.78 is 0. The van der Waals surface area contributed by atoms with Gasteiger partial charge in [0.15, 0.2) is 0 Å². The monoisotopic (exact) mass is 228 g/mol. The lowest BCUT2D eigenvalue weighted by Crippen LogP contribution is -2.45. The lowest BCUT2D eigenvalue weighted by Gasteiger charge is -2.30. The molecule has 15 heavy (non-hydrogen) atoms. The van der Waals surface area contributed by atoms with E-state index in [0.29, 0.717) is 17.1 Å². The minimum absolute atomic E-state index is 0.0966. The molecule has 0 aromatic rings. The smallest absolute Gasteiger partial charge is 0.232 e. The van der Waals surface area contributed by atoms with Crippen LogP contribution < -0.4 is 5.73 Å². The minimum atomic E-state index is -0.324. The van der Waals surface area contributed by atoms with Crippen LogP contribution in [-0.4, -0.2) is 27.9 Å². The van der Waals surface area contributed by atoms with Crippen LogP contribution in [0.2, 0.25) is 0 Å². The highest BCUT2D eigenvalue weighted by atomic mass is 32.1. The zero-order valence-electron chi connectivity index (χ0n) is 9.69. The van der Waals surface area contributed by atoms with E-state index in [1.54, 1.807) is 6.92 Å². The van der Waals surface area contributed by atoms with Crippen LogP contribution in [0.15, 0.2) is 0 Å². The molecule has 86 valence electrons. The van der Waals surface area contributed by atoms with Gasteiger partial charge in [-0.1, -0.05) is 19.1 Å². The standard InChI is InChI=1S/C11H20N2OS/c1-4-9-6-5-7(2)13(9)11(14)8(3)10(12)15/h7-9H,4-6H2,1-3H3,(H2,12,15). The van der Waals surface area contributed by atoms with Crippen LogP contribution in [0.5, 0.6) is 0 Å². The summed E-state index contributed by atoms with van der Waals surface area (Å²) in [5.41, 5.74) is 5.52. The molecule has 1 aliphatic heterocycles. The summed E-state index contributed by atoms with van der Waals surface area (Å²) in [5, 5.41) is 0. The van der Waals surface area contributed by atoms with Crippen LogP contribution in [-0.2, 0) is 4.79 Å². The Bertz CT molecular complexity index is 267. The summed E-state index contributed by atoms with van der Waals surface area (Å²) in [5.74, 6) is -0.228. The molecule has 1 amide bonds. The van der Waals surface area contributed by atoms with Crippen LogP contribution in [0.1, 0.15) is 40.0 Å². The first-order chi connectivity index (χ1) is 6.99. The third-order valence-corrected chi connectivity index (χ3v) is 3.66. The van der Waals surface area contributed by atoms with Gasteiger partial charge in [0.1, 0.15) is 0 Å². The fourth-order valence-corrected chi connectivity index (χ4v) is 2.32. The second kappa shape index (κ2) is 4.92.